The Kier molecular flexibility index (Phi) is 5.59. The second-order valence-electron chi connectivity index (χ2n) is 7.57. The summed E-state index contributed by atoms with van der Waals surface area (Å²) in [6.45, 7) is 4.80. The molecule has 0 unspecified atom stereocenters. The highest BCUT2D eigenvalue weighted by Gasteiger charge is 2.25. The van der Waals surface area contributed by atoms with Gasteiger partial charge in [-0.15, -0.1) is 0 Å². The van der Waals surface area contributed by atoms with Crippen LogP contribution < -0.4 is 5.32 Å². The van der Waals surface area contributed by atoms with E-state index in [1.807, 2.05) is 61.5 Å². The van der Waals surface area contributed by atoms with Crippen LogP contribution in [0.3, 0.4) is 0 Å². The molecule has 29 heavy (non-hydrogen) atoms. The number of benzene rings is 3. The summed E-state index contributed by atoms with van der Waals surface area (Å²) in [4.78, 5) is 17.0. The molecule has 4 aromatic rings. The van der Waals surface area contributed by atoms with Crippen LogP contribution in [0.2, 0.25) is 0 Å². The molecule has 0 fully saturated rings. The largest absolute Gasteiger partial charge is 0.358 e. The van der Waals surface area contributed by atoms with E-state index in [1.54, 1.807) is 0 Å². The summed E-state index contributed by atoms with van der Waals surface area (Å²) in [7, 11) is 0. The van der Waals surface area contributed by atoms with Crippen molar-refractivity contribution in [3.05, 3.63) is 107 Å². The molecule has 0 aliphatic carbocycles. The molecule has 0 amide bonds. The van der Waals surface area contributed by atoms with Crippen LogP contribution in [0.25, 0.3) is 10.9 Å². The maximum absolute atomic E-state index is 13.6. The molecule has 3 nitrogen and oxygen atoms in total. The van der Waals surface area contributed by atoms with Gasteiger partial charge in [0.25, 0.3) is 0 Å². The summed E-state index contributed by atoms with van der Waals surface area (Å²) in [5.41, 5.74) is 6.21. The Morgan fingerprint density at radius 2 is 1.59 bits per heavy atom. The van der Waals surface area contributed by atoms with Gasteiger partial charge in [-0.25, -0.2) is 0 Å². The molecule has 0 saturated carbocycles. The smallest absolute Gasteiger partial charge is 0.186 e. The monoisotopic (exact) mass is 382 g/mol. The minimum Gasteiger partial charge on any atom is -0.358 e. The van der Waals surface area contributed by atoms with E-state index < -0.39 is 0 Å². The predicted octanol–water partition coefficient (Wildman–Crippen LogP) is 5.54. The number of carbonyl (C=O) groups is 1. The number of aryl methyl sites for hydroxylation is 2. The highest BCUT2D eigenvalue weighted by atomic mass is 16.1. The fourth-order valence-electron chi connectivity index (χ4n) is 3.86. The molecular weight excluding hydrogens is 356 g/mol. The average molecular weight is 383 g/mol. The van der Waals surface area contributed by atoms with Crippen molar-refractivity contribution in [3.63, 3.8) is 0 Å². The standard InChI is InChI=1S/C26H26N2O/c1-18-12-14-20(15-13-18)16-17-27-25(21-8-4-3-5-9-21)26(29)24-19(2)28-23-11-7-6-10-22(23)24/h3-15,25,27-28H,16-17H2,1-2H3/t25-/m0/s1. The maximum atomic E-state index is 13.6. The Balaban J connectivity index is 1.61. The number of H-pyrrole nitrogens is 1. The van der Waals surface area contributed by atoms with Crippen LogP contribution in [-0.2, 0) is 6.42 Å². The summed E-state index contributed by atoms with van der Waals surface area (Å²) < 4.78 is 0. The summed E-state index contributed by atoms with van der Waals surface area (Å²) in [5, 5.41) is 4.50. The lowest BCUT2D eigenvalue weighted by molar-refractivity contribution is 0.0944. The second kappa shape index (κ2) is 8.46. The minimum absolute atomic E-state index is 0.107. The first-order valence-corrected chi connectivity index (χ1v) is 10.1. The van der Waals surface area contributed by atoms with E-state index in [0.717, 1.165) is 40.7 Å². The predicted molar refractivity (Wildman–Crippen MR) is 119 cm³/mol. The van der Waals surface area contributed by atoms with Crippen molar-refractivity contribution in [2.45, 2.75) is 26.3 Å². The van der Waals surface area contributed by atoms with Crippen LogP contribution >= 0.6 is 0 Å². The fraction of sp³-hybridized carbons (Fsp3) is 0.192. The Hall–Kier alpha value is -3.17. The van der Waals surface area contributed by atoms with Gasteiger partial charge >= 0.3 is 0 Å². The lowest BCUT2D eigenvalue weighted by Gasteiger charge is -2.19. The van der Waals surface area contributed by atoms with Gasteiger partial charge in [-0.2, -0.15) is 0 Å². The van der Waals surface area contributed by atoms with Crippen molar-refractivity contribution in [1.82, 2.24) is 10.3 Å². The van der Waals surface area contributed by atoms with E-state index >= 15 is 0 Å². The SMILES string of the molecule is Cc1ccc(CCN[C@H](C(=O)c2c(C)[nH]c3ccccc23)c2ccccc2)cc1. The number of Topliss-reactive ketones (excluding diaryl/α,β-unsaturated/α-hetero) is 1. The molecule has 1 heterocycles. The number of carbonyl (C=O) groups excluding carboxylic acids is 1. The van der Waals surface area contributed by atoms with Gasteiger partial charge in [-0.1, -0.05) is 78.4 Å². The highest BCUT2D eigenvalue weighted by Crippen LogP contribution is 2.27. The number of aromatic nitrogens is 1. The first kappa shape index (κ1) is 19.2. The van der Waals surface area contributed by atoms with Crippen LogP contribution in [-0.4, -0.2) is 17.3 Å². The Morgan fingerprint density at radius 1 is 0.897 bits per heavy atom. The zero-order chi connectivity index (χ0) is 20.2. The number of para-hydroxylation sites is 1. The summed E-state index contributed by atoms with van der Waals surface area (Å²) in [6, 6.07) is 26.2. The van der Waals surface area contributed by atoms with E-state index in [4.69, 9.17) is 0 Å². The third-order valence-electron chi connectivity index (χ3n) is 5.42. The molecule has 0 bridgehead atoms. The quantitative estimate of drug-likeness (QED) is 0.412. The van der Waals surface area contributed by atoms with Gasteiger partial charge in [0, 0.05) is 28.7 Å². The van der Waals surface area contributed by atoms with E-state index in [9.17, 15) is 4.79 Å². The molecule has 0 spiro atoms. The van der Waals surface area contributed by atoms with Gasteiger partial charge in [0.15, 0.2) is 5.78 Å². The first-order valence-electron chi connectivity index (χ1n) is 10.1. The number of nitrogens with one attached hydrogen (secondary N) is 2. The van der Waals surface area contributed by atoms with E-state index in [2.05, 4.69) is 41.5 Å². The van der Waals surface area contributed by atoms with Crippen LogP contribution in [0, 0.1) is 13.8 Å². The summed E-state index contributed by atoms with van der Waals surface area (Å²) >= 11 is 0. The molecule has 3 heteroatoms. The zero-order valence-corrected chi connectivity index (χ0v) is 16.9. The van der Waals surface area contributed by atoms with Gasteiger partial charge < -0.3 is 10.3 Å². The Labute approximate surface area is 171 Å². The topological polar surface area (TPSA) is 44.9 Å². The fourth-order valence-corrected chi connectivity index (χ4v) is 3.86. The first-order chi connectivity index (χ1) is 14.1. The Morgan fingerprint density at radius 3 is 2.34 bits per heavy atom. The van der Waals surface area contributed by atoms with Gasteiger partial charge in [0.1, 0.15) is 0 Å². The normalized spacial score (nSPS) is 12.2. The minimum atomic E-state index is -0.375. The van der Waals surface area contributed by atoms with Crippen molar-refractivity contribution in [2.24, 2.45) is 0 Å². The Bertz CT molecular complexity index is 1110. The zero-order valence-electron chi connectivity index (χ0n) is 16.9. The molecular formula is C26H26N2O. The number of fused-ring (bicyclic) bond motifs is 1. The molecule has 0 aliphatic rings. The van der Waals surface area contributed by atoms with Crippen molar-refractivity contribution >= 4 is 16.7 Å². The highest BCUT2D eigenvalue weighted by molar-refractivity contribution is 6.11. The number of hydrogen-bond donors (Lipinski definition) is 2. The van der Waals surface area contributed by atoms with Gasteiger partial charge in [-0.3, -0.25) is 4.79 Å². The molecule has 4 rings (SSSR count). The van der Waals surface area contributed by atoms with Crippen LogP contribution in [0.1, 0.15) is 38.8 Å². The molecule has 2 N–H and O–H groups in total. The molecule has 146 valence electrons. The maximum Gasteiger partial charge on any atom is 0.186 e. The average Bonchev–Trinajstić information content (AvgIpc) is 3.08. The van der Waals surface area contributed by atoms with Crippen LogP contribution in [0.5, 0.6) is 0 Å². The lowest BCUT2D eigenvalue weighted by atomic mass is 9.95. The van der Waals surface area contributed by atoms with Gasteiger partial charge in [-0.05, 0) is 37.5 Å². The van der Waals surface area contributed by atoms with Crippen molar-refractivity contribution in [3.8, 4) is 0 Å². The number of ketones is 1. The summed E-state index contributed by atoms with van der Waals surface area (Å²) in [6.07, 6.45) is 0.879. The molecule has 1 aromatic heterocycles. The molecule has 3 aromatic carbocycles. The molecule has 1 atom stereocenters. The third-order valence-corrected chi connectivity index (χ3v) is 5.42. The second-order valence-corrected chi connectivity index (χ2v) is 7.57. The number of rotatable bonds is 7. The van der Waals surface area contributed by atoms with Crippen LogP contribution in [0.15, 0.2) is 78.9 Å². The van der Waals surface area contributed by atoms with Crippen molar-refractivity contribution < 1.29 is 4.79 Å². The molecule has 0 radical (unpaired) electrons. The summed E-state index contributed by atoms with van der Waals surface area (Å²) in [5.74, 6) is 0.107. The van der Waals surface area contributed by atoms with Crippen molar-refractivity contribution in [1.29, 1.82) is 0 Å². The molecule has 0 saturated heterocycles. The van der Waals surface area contributed by atoms with E-state index in [0.29, 0.717) is 0 Å². The third kappa shape index (κ3) is 4.15. The number of hydrogen-bond acceptors (Lipinski definition) is 2. The van der Waals surface area contributed by atoms with E-state index in [1.165, 1.54) is 11.1 Å². The van der Waals surface area contributed by atoms with Crippen molar-refractivity contribution in [2.75, 3.05) is 6.54 Å². The van der Waals surface area contributed by atoms with Gasteiger partial charge in [0.05, 0.1) is 6.04 Å². The number of aromatic amines is 1. The van der Waals surface area contributed by atoms with Crippen LogP contribution in [0.4, 0.5) is 0 Å². The lowest BCUT2D eigenvalue weighted by Crippen LogP contribution is -2.30. The van der Waals surface area contributed by atoms with E-state index in [-0.39, 0.29) is 11.8 Å². The van der Waals surface area contributed by atoms with Gasteiger partial charge in [0.2, 0.25) is 0 Å². The molecule has 0 aliphatic heterocycles.